The number of hydrogen-bond acceptors (Lipinski definition) is 6. The molecule has 0 amide bonds. The highest BCUT2D eigenvalue weighted by Crippen LogP contribution is 2.21. The molecule has 0 spiro atoms. The molecule has 0 aliphatic heterocycles. The molecule has 0 bridgehead atoms. The number of unbranched alkanes of at least 4 members (excludes halogenated alkanes) is 12. The number of nitrogens with two attached hydrogens (primary N) is 1. The Labute approximate surface area is 171 Å². The number of aliphatic hydroxyl groups is 5. The zero-order valence-corrected chi connectivity index (χ0v) is 17.9. The highest BCUT2D eigenvalue weighted by molar-refractivity contribution is 4.82. The van der Waals surface area contributed by atoms with E-state index in [9.17, 15) is 10.2 Å². The lowest BCUT2D eigenvalue weighted by molar-refractivity contribution is -0.355. The van der Waals surface area contributed by atoms with Gasteiger partial charge >= 0.3 is 0 Å². The Balaban J connectivity index is 3.47. The second kappa shape index (κ2) is 16.3. The summed E-state index contributed by atoms with van der Waals surface area (Å²) in [4.78, 5) is 0. The average Bonchev–Trinajstić information content (AvgIpc) is 2.59. The number of hydrogen-bond donors (Lipinski definition) is 6. The average molecular weight is 404 g/mol. The van der Waals surface area contributed by atoms with E-state index in [1.165, 1.54) is 57.8 Å². The molecule has 0 aromatic rings. The van der Waals surface area contributed by atoms with Gasteiger partial charge in [0.05, 0.1) is 12.5 Å². The van der Waals surface area contributed by atoms with Crippen LogP contribution in [0.3, 0.4) is 0 Å². The molecule has 6 nitrogen and oxygen atoms in total. The van der Waals surface area contributed by atoms with Crippen molar-refractivity contribution < 1.29 is 25.5 Å². The highest BCUT2D eigenvalue weighted by Gasteiger charge is 2.39. The quantitative estimate of drug-likeness (QED) is 0.111. The van der Waals surface area contributed by atoms with Crippen LogP contribution in [0.15, 0.2) is 12.2 Å². The van der Waals surface area contributed by atoms with E-state index in [2.05, 4.69) is 19.1 Å². The monoisotopic (exact) mass is 403 g/mol. The normalized spacial score (nSPS) is 14.1. The number of rotatable bonds is 19. The molecule has 0 aliphatic carbocycles. The van der Waals surface area contributed by atoms with E-state index < -0.39 is 24.2 Å². The smallest absolute Gasteiger partial charge is 0.280 e. The molecule has 0 saturated heterocycles. The standard InChI is InChI=1S/C22H45NO5/c1-2-3-4-5-6-7-8-9-10-11-12-13-14-15-16-17-18-20(23)21(24,25)19-22(26,27)28/h9-10,20,24-28H,2-8,11-19,23H2,1H3/b10-9-. The van der Waals surface area contributed by atoms with Crippen LogP contribution >= 0.6 is 0 Å². The molecule has 1 unspecified atom stereocenters. The van der Waals surface area contributed by atoms with Crippen molar-refractivity contribution in [3.05, 3.63) is 12.2 Å². The van der Waals surface area contributed by atoms with Gasteiger partial charge in [-0.2, -0.15) is 0 Å². The van der Waals surface area contributed by atoms with Crippen LogP contribution in [0.5, 0.6) is 0 Å². The minimum atomic E-state index is -3.13. The molecule has 168 valence electrons. The first-order chi connectivity index (χ1) is 13.2. The van der Waals surface area contributed by atoms with Crippen molar-refractivity contribution in [2.45, 2.75) is 127 Å². The molecular formula is C22H45NO5. The second-order valence-electron chi connectivity index (χ2n) is 8.16. The van der Waals surface area contributed by atoms with Crippen LogP contribution in [-0.4, -0.2) is 43.3 Å². The lowest BCUT2D eigenvalue weighted by Gasteiger charge is -2.31. The minimum Gasteiger partial charge on any atom is -0.364 e. The van der Waals surface area contributed by atoms with Crippen molar-refractivity contribution in [3.8, 4) is 0 Å². The van der Waals surface area contributed by atoms with E-state index in [0.29, 0.717) is 6.42 Å². The van der Waals surface area contributed by atoms with Crippen molar-refractivity contribution in [1.29, 1.82) is 0 Å². The van der Waals surface area contributed by atoms with Gasteiger partial charge in [0, 0.05) is 0 Å². The summed E-state index contributed by atoms with van der Waals surface area (Å²) in [5, 5.41) is 45.9. The molecule has 6 heteroatoms. The van der Waals surface area contributed by atoms with Crippen molar-refractivity contribution in [2.24, 2.45) is 5.73 Å². The van der Waals surface area contributed by atoms with E-state index in [-0.39, 0.29) is 0 Å². The van der Waals surface area contributed by atoms with Crippen LogP contribution in [-0.2, 0) is 0 Å². The SMILES string of the molecule is CCCCCCCC/C=C\CCCCCCCCC(N)C(O)(O)CC(O)(O)O. The maximum Gasteiger partial charge on any atom is 0.280 e. The minimum absolute atomic E-state index is 0.351. The molecule has 0 aromatic carbocycles. The maximum atomic E-state index is 9.69. The fraction of sp³-hybridized carbons (Fsp3) is 0.909. The predicted molar refractivity (Wildman–Crippen MR) is 113 cm³/mol. The molecule has 0 radical (unpaired) electrons. The van der Waals surface area contributed by atoms with Crippen LogP contribution in [0, 0.1) is 0 Å². The van der Waals surface area contributed by atoms with Crippen LogP contribution < -0.4 is 5.73 Å². The van der Waals surface area contributed by atoms with E-state index in [1.54, 1.807) is 0 Å². The Kier molecular flexibility index (Phi) is 16.0. The van der Waals surface area contributed by atoms with Gasteiger partial charge in [-0.05, 0) is 32.1 Å². The molecule has 0 fully saturated rings. The first kappa shape index (κ1) is 27.5. The summed E-state index contributed by atoms with van der Waals surface area (Å²) >= 11 is 0. The summed E-state index contributed by atoms with van der Waals surface area (Å²) in [6, 6.07) is -1.03. The molecule has 0 heterocycles. The van der Waals surface area contributed by atoms with Gasteiger partial charge in [-0.1, -0.05) is 83.3 Å². The van der Waals surface area contributed by atoms with Gasteiger partial charge in [-0.25, -0.2) is 0 Å². The van der Waals surface area contributed by atoms with Crippen LogP contribution in [0.4, 0.5) is 0 Å². The molecule has 0 saturated carbocycles. The van der Waals surface area contributed by atoms with Crippen LogP contribution in [0.25, 0.3) is 0 Å². The second-order valence-corrected chi connectivity index (χ2v) is 8.16. The summed E-state index contributed by atoms with van der Waals surface area (Å²) in [5.41, 5.74) is 5.68. The van der Waals surface area contributed by atoms with Crippen molar-refractivity contribution in [3.63, 3.8) is 0 Å². The molecule has 28 heavy (non-hydrogen) atoms. The third-order valence-electron chi connectivity index (χ3n) is 5.12. The fourth-order valence-electron chi connectivity index (χ4n) is 3.32. The van der Waals surface area contributed by atoms with Crippen LogP contribution in [0.2, 0.25) is 0 Å². The third-order valence-corrected chi connectivity index (χ3v) is 5.12. The Morgan fingerprint density at radius 2 is 1.11 bits per heavy atom. The largest absolute Gasteiger partial charge is 0.364 e. The van der Waals surface area contributed by atoms with Gasteiger partial charge < -0.3 is 31.3 Å². The van der Waals surface area contributed by atoms with E-state index >= 15 is 0 Å². The fourth-order valence-corrected chi connectivity index (χ4v) is 3.32. The van der Waals surface area contributed by atoms with E-state index in [1.807, 2.05) is 0 Å². The topological polar surface area (TPSA) is 127 Å². The predicted octanol–water partition coefficient (Wildman–Crippen LogP) is 3.44. The van der Waals surface area contributed by atoms with Gasteiger partial charge in [-0.15, -0.1) is 0 Å². The van der Waals surface area contributed by atoms with Crippen LogP contribution in [0.1, 0.15) is 110 Å². The Hall–Kier alpha value is -0.500. The van der Waals surface area contributed by atoms with E-state index in [0.717, 1.165) is 32.1 Å². The van der Waals surface area contributed by atoms with Crippen molar-refractivity contribution in [2.75, 3.05) is 0 Å². The third kappa shape index (κ3) is 17.6. The molecule has 0 aromatic heterocycles. The number of allylic oxidation sites excluding steroid dienone is 2. The summed E-state index contributed by atoms with van der Waals surface area (Å²) in [6.45, 7) is 2.24. The van der Waals surface area contributed by atoms with Gasteiger partial charge in [0.1, 0.15) is 0 Å². The first-order valence-electron chi connectivity index (χ1n) is 11.2. The Bertz CT molecular complexity index is 380. The highest BCUT2D eigenvalue weighted by atomic mass is 16.7. The summed E-state index contributed by atoms with van der Waals surface area (Å²) in [6.07, 6.45) is 20.7. The Morgan fingerprint density at radius 3 is 1.57 bits per heavy atom. The van der Waals surface area contributed by atoms with E-state index in [4.69, 9.17) is 21.1 Å². The van der Waals surface area contributed by atoms with Gasteiger partial charge in [0.2, 0.25) is 0 Å². The summed E-state index contributed by atoms with van der Waals surface area (Å²) < 4.78 is 0. The zero-order chi connectivity index (χ0) is 21.3. The van der Waals surface area contributed by atoms with Crippen molar-refractivity contribution >= 4 is 0 Å². The van der Waals surface area contributed by atoms with Gasteiger partial charge in [0.15, 0.2) is 5.79 Å². The summed E-state index contributed by atoms with van der Waals surface area (Å²) in [7, 11) is 0. The van der Waals surface area contributed by atoms with Crippen molar-refractivity contribution in [1.82, 2.24) is 0 Å². The van der Waals surface area contributed by atoms with Gasteiger partial charge in [-0.3, -0.25) is 0 Å². The molecule has 1 atom stereocenters. The Morgan fingerprint density at radius 1 is 0.679 bits per heavy atom. The molecule has 0 aliphatic rings. The molecule has 7 N–H and O–H groups in total. The maximum absolute atomic E-state index is 9.69. The summed E-state index contributed by atoms with van der Waals surface area (Å²) in [5.74, 6) is -5.63. The van der Waals surface area contributed by atoms with Gasteiger partial charge in [0.25, 0.3) is 5.97 Å². The molecule has 0 rings (SSSR count). The first-order valence-corrected chi connectivity index (χ1v) is 11.2. The zero-order valence-electron chi connectivity index (χ0n) is 17.9. The lowest BCUT2D eigenvalue weighted by atomic mass is 9.97. The lowest BCUT2D eigenvalue weighted by Crippen LogP contribution is -2.53. The molecular weight excluding hydrogens is 358 g/mol.